The first-order valence-corrected chi connectivity index (χ1v) is 13.9. The minimum absolute atomic E-state index is 0.447. The molecule has 2 heterocycles. The third-order valence-corrected chi connectivity index (χ3v) is 7.59. The van der Waals surface area contributed by atoms with E-state index in [2.05, 4.69) is 23.9 Å². The van der Waals surface area contributed by atoms with Crippen LogP contribution < -0.4 is 0 Å². The topological polar surface area (TPSA) is 323 Å². The Labute approximate surface area is 268 Å². The van der Waals surface area contributed by atoms with Crippen LogP contribution in [-0.4, -0.2) is 94.6 Å². The van der Waals surface area contributed by atoms with Gasteiger partial charge in [0, 0.05) is 24.9 Å². The second-order valence-corrected chi connectivity index (χ2v) is 10.7. The number of benzene rings is 2. The van der Waals surface area contributed by atoms with Crippen molar-refractivity contribution in [1.29, 1.82) is 0 Å². The summed E-state index contributed by atoms with van der Waals surface area (Å²) in [4.78, 5) is 72.2. The fourth-order valence-corrected chi connectivity index (χ4v) is 5.03. The fourth-order valence-electron chi connectivity index (χ4n) is 5.03. The smallest absolute Gasteiger partial charge is 0.324 e. The third-order valence-electron chi connectivity index (χ3n) is 7.59. The molecule has 2 atom stereocenters. The van der Waals surface area contributed by atoms with Gasteiger partial charge in [0.15, 0.2) is 0 Å². The Balaban J connectivity index is 0.000000250. The molecule has 2 N–H and O–H groups in total. The van der Waals surface area contributed by atoms with Crippen LogP contribution in [0.1, 0.15) is 38.5 Å². The van der Waals surface area contributed by atoms with E-state index in [9.17, 15) is 65.5 Å². The molecule has 2 aliphatic heterocycles. The SMILES string of the molecule is CN1CCCC1CC(=O)CC1CCCN1C.O=[N+]([O-])c1cc([N+](=O)[O-])c(O)c([N+](=O)[O-])c1.O=[N+]([O-])c1cc([N+](=O)[O-])c(O)c([N+](=O)[O-])c1. The van der Waals surface area contributed by atoms with Gasteiger partial charge in [0.25, 0.3) is 22.9 Å². The van der Waals surface area contributed by atoms with E-state index in [1.807, 2.05) is 0 Å². The van der Waals surface area contributed by atoms with E-state index in [0.29, 0.717) is 42.1 Å². The van der Waals surface area contributed by atoms with Gasteiger partial charge in [-0.3, -0.25) is 65.5 Å². The maximum absolute atomic E-state index is 12.0. The molecule has 0 aromatic heterocycles. The Morgan fingerprint density at radius 1 is 0.604 bits per heavy atom. The standard InChI is InChI=1S/C13H24N2O.2C6H3N3O7/c1-14-7-3-5-11(14)9-13(16)10-12-6-4-8-15(12)2;2*10-6-4(8(13)14)1-3(7(11)12)2-5(6)9(15)16/h11-12H,3-10H2,1-2H3;2*1-2,10H. The normalized spacial score (nSPS) is 17.3. The highest BCUT2D eigenvalue weighted by molar-refractivity contribution is 5.79. The van der Waals surface area contributed by atoms with Crippen molar-refractivity contribution in [3.05, 3.63) is 85.0 Å². The molecule has 2 unspecified atom stereocenters. The van der Waals surface area contributed by atoms with Gasteiger partial charge in [-0.25, -0.2) is 0 Å². The van der Waals surface area contributed by atoms with Gasteiger partial charge in [-0.05, 0) is 52.9 Å². The molecule has 0 spiro atoms. The van der Waals surface area contributed by atoms with Gasteiger partial charge in [0.2, 0.25) is 0 Å². The quantitative estimate of drug-likeness (QED) is 0.266. The van der Waals surface area contributed by atoms with Gasteiger partial charge < -0.3 is 20.0 Å². The average Bonchev–Trinajstić information content (AvgIpc) is 3.59. The highest BCUT2D eigenvalue weighted by Crippen LogP contribution is 2.40. The Hall–Kier alpha value is -5.97. The Morgan fingerprint density at radius 3 is 1.06 bits per heavy atom. The molecule has 260 valence electrons. The Bertz CT molecular complexity index is 1430. The number of nitro groups is 6. The molecule has 0 aliphatic carbocycles. The number of non-ortho nitro benzene ring substituents is 2. The number of likely N-dealkylation sites (tertiary alicyclic amines) is 2. The van der Waals surface area contributed by atoms with Gasteiger partial charge in [0.1, 0.15) is 5.78 Å². The van der Waals surface area contributed by atoms with E-state index in [1.165, 1.54) is 38.8 Å². The Morgan fingerprint density at radius 2 is 0.875 bits per heavy atom. The predicted molar refractivity (Wildman–Crippen MR) is 162 cm³/mol. The molecule has 0 saturated carbocycles. The summed E-state index contributed by atoms with van der Waals surface area (Å²) >= 11 is 0. The number of nitro benzene ring substituents is 6. The van der Waals surface area contributed by atoms with E-state index in [0.717, 1.165) is 12.8 Å². The highest BCUT2D eigenvalue weighted by Gasteiger charge is 2.31. The predicted octanol–water partition coefficient (Wildman–Crippen LogP) is 3.76. The molecule has 2 aromatic carbocycles. The van der Waals surface area contributed by atoms with Crippen molar-refractivity contribution in [3.63, 3.8) is 0 Å². The lowest BCUT2D eigenvalue weighted by Gasteiger charge is -2.21. The van der Waals surface area contributed by atoms with Crippen LogP contribution in [0.25, 0.3) is 0 Å². The number of carbonyl (C=O) groups is 1. The molecule has 0 amide bonds. The van der Waals surface area contributed by atoms with Gasteiger partial charge in [-0.2, -0.15) is 0 Å². The molecule has 0 bridgehead atoms. The van der Waals surface area contributed by atoms with Crippen LogP contribution in [0.3, 0.4) is 0 Å². The van der Waals surface area contributed by atoms with E-state index < -0.39 is 75.2 Å². The highest BCUT2D eigenvalue weighted by atomic mass is 16.7. The molecule has 2 aliphatic rings. The minimum Gasteiger partial charge on any atom is -0.497 e. The molecule has 2 saturated heterocycles. The lowest BCUT2D eigenvalue weighted by molar-refractivity contribution is -0.404. The van der Waals surface area contributed by atoms with Crippen LogP contribution in [0.15, 0.2) is 24.3 Å². The summed E-state index contributed by atoms with van der Waals surface area (Å²) in [5, 5.41) is 80.4. The van der Waals surface area contributed by atoms with Crippen molar-refractivity contribution < 1.29 is 44.5 Å². The monoisotopic (exact) mass is 682 g/mol. The summed E-state index contributed by atoms with van der Waals surface area (Å²) in [6, 6.07) is 2.84. The van der Waals surface area contributed by atoms with E-state index >= 15 is 0 Å². The first kappa shape index (κ1) is 38.2. The van der Waals surface area contributed by atoms with E-state index in [1.54, 1.807) is 0 Å². The van der Waals surface area contributed by atoms with Crippen molar-refractivity contribution in [2.75, 3.05) is 27.2 Å². The van der Waals surface area contributed by atoms with Crippen LogP contribution >= 0.6 is 0 Å². The second kappa shape index (κ2) is 16.5. The van der Waals surface area contributed by atoms with Crippen LogP contribution in [0.4, 0.5) is 34.1 Å². The van der Waals surface area contributed by atoms with Crippen LogP contribution in [0.2, 0.25) is 0 Å². The summed E-state index contributed by atoms with van der Waals surface area (Å²) in [5.41, 5.74) is -6.00. The Kier molecular flexibility index (Phi) is 13.2. The first-order chi connectivity index (χ1) is 22.3. The van der Waals surface area contributed by atoms with Gasteiger partial charge in [-0.1, -0.05) is 0 Å². The zero-order valence-electron chi connectivity index (χ0n) is 25.4. The number of aromatic hydroxyl groups is 2. The number of rotatable bonds is 10. The van der Waals surface area contributed by atoms with Gasteiger partial charge >= 0.3 is 22.7 Å². The summed E-state index contributed by atoms with van der Waals surface area (Å²) < 4.78 is 0. The molecule has 2 aromatic rings. The molecule has 48 heavy (non-hydrogen) atoms. The van der Waals surface area contributed by atoms with Crippen molar-refractivity contribution >= 4 is 39.9 Å². The third kappa shape index (κ3) is 10.0. The zero-order valence-corrected chi connectivity index (χ0v) is 25.4. The molecule has 2 fully saturated rings. The number of phenolic OH excluding ortho intramolecular Hbond substituents is 2. The lowest BCUT2D eigenvalue weighted by atomic mass is 10.0. The summed E-state index contributed by atoms with van der Waals surface area (Å²) in [7, 11) is 4.29. The zero-order chi connectivity index (χ0) is 36.5. The summed E-state index contributed by atoms with van der Waals surface area (Å²) in [5.74, 6) is -1.95. The summed E-state index contributed by atoms with van der Waals surface area (Å²) in [6.07, 6.45) is 6.50. The molecule has 0 radical (unpaired) electrons. The number of phenols is 2. The molecule has 23 heteroatoms. The van der Waals surface area contributed by atoms with Crippen molar-refractivity contribution in [2.45, 2.75) is 50.6 Å². The maximum Gasteiger partial charge on any atom is 0.324 e. The number of nitrogens with zero attached hydrogens (tertiary/aromatic N) is 8. The van der Waals surface area contributed by atoms with Crippen LogP contribution in [0.5, 0.6) is 11.5 Å². The number of ketones is 1. The maximum atomic E-state index is 12.0. The molecular formula is C25H30N8O15. The molecule has 23 nitrogen and oxygen atoms in total. The number of hydrogen-bond acceptors (Lipinski definition) is 17. The van der Waals surface area contributed by atoms with Crippen LogP contribution in [-0.2, 0) is 4.79 Å². The van der Waals surface area contributed by atoms with Crippen molar-refractivity contribution in [3.8, 4) is 11.5 Å². The number of hydrogen-bond donors (Lipinski definition) is 2. The summed E-state index contributed by atoms with van der Waals surface area (Å²) in [6.45, 7) is 2.34. The minimum atomic E-state index is -1.21. The van der Waals surface area contributed by atoms with E-state index in [-0.39, 0.29) is 0 Å². The van der Waals surface area contributed by atoms with Crippen molar-refractivity contribution in [1.82, 2.24) is 9.80 Å². The first-order valence-electron chi connectivity index (χ1n) is 13.9. The van der Waals surface area contributed by atoms with Crippen molar-refractivity contribution in [2.24, 2.45) is 0 Å². The number of Topliss-reactive ketones (excluding diaryl/α,β-unsaturated/α-hetero) is 1. The van der Waals surface area contributed by atoms with Gasteiger partial charge in [-0.15, -0.1) is 0 Å². The molecule has 4 rings (SSSR count). The van der Waals surface area contributed by atoms with Crippen LogP contribution in [0, 0.1) is 60.7 Å². The number of carbonyl (C=O) groups excluding carboxylic acids is 1. The second-order valence-electron chi connectivity index (χ2n) is 10.7. The largest absolute Gasteiger partial charge is 0.497 e. The van der Waals surface area contributed by atoms with Gasteiger partial charge in [0.05, 0.1) is 53.8 Å². The lowest BCUT2D eigenvalue weighted by Crippen LogP contribution is -2.31. The average molecular weight is 683 g/mol. The fraction of sp³-hybridized carbons (Fsp3) is 0.480. The van der Waals surface area contributed by atoms with E-state index in [4.69, 9.17) is 10.2 Å². The molecular weight excluding hydrogens is 652 g/mol.